The van der Waals surface area contributed by atoms with Gasteiger partial charge in [-0.05, 0) is 49.7 Å². The van der Waals surface area contributed by atoms with Gasteiger partial charge in [0.1, 0.15) is 0 Å². The van der Waals surface area contributed by atoms with Crippen LogP contribution in [0.1, 0.15) is 58.3 Å². The molecule has 152 valence electrons. The highest BCUT2D eigenvalue weighted by atomic mass is 19.2. The summed E-state index contributed by atoms with van der Waals surface area (Å²) in [5, 5.41) is 0. The zero-order chi connectivity index (χ0) is 19.2. The molecule has 0 N–H and O–H groups in total. The van der Waals surface area contributed by atoms with E-state index in [0.717, 1.165) is 18.8 Å². The zero-order valence-corrected chi connectivity index (χ0v) is 16.5. The summed E-state index contributed by atoms with van der Waals surface area (Å²) in [7, 11) is 1.31. The van der Waals surface area contributed by atoms with Crippen LogP contribution in [0.3, 0.4) is 0 Å². The topological polar surface area (TPSA) is 27.7 Å². The van der Waals surface area contributed by atoms with Crippen molar-refractivity contribution in [2.45, 2.75) is 64.4 Å². The Morgan fingerprint density at radius 1 is 0.963 bits per heavy atom. The Labute approximate surface area is 161 Å². The second kappa shape index (κ2) is 9.72. The average Bonchev–Trinajstić information content (AvgIpc) is 2.70. The number of hydrogen-bond acceptors (Lipinski definition) is 3. The van der Waals surface area contributed by atoms with E-state index in [1.54, 1.807) is 0 Å². The lowest BCUT2D eigenvalue weighted by atomic mass is 9.76. The van der Waals surface area contributed by atoms with Crippen molar-refractivity contribution in [1.82, 2.24) is 0 Å². The summed E-state index contributed by atoms with van der Waals surface area (Å²) in [5.74, 6) is -0.352. The van der Waals surface area contributed by atoms with Gasteiger partial charge in [0.15, 0.2) is 11.5 Å². The van der Waals surface area contributed by atoms with Gasteiger partial charge in [-0.3, -0.25) is 0 Å². The molecule has 2 fully saturated rings. The van der Waals surface area contributed by atoms with E-state index in [4.69, 9.17) is 14.2 Å². The molecule has 2 aliphatic rings. The van der Waals surface area contributed by atoms with Gasteiger partial charge < -0.3 is 14.2 Å². The van der Waals surface area contributed by atoms with Crippen molar-refractivity contribution in [2.75, 3.05) is 20.3 Å². The molecule has 1 saturated carbocycles. The molecular weight excluding hydrogens is 350 g/mol. The highest BCUT2D eigenvalue weighted by Gasteiger charge is 2.31. The molecule has 0 aromatic heterocycles. The van der Waals surface area contributed by atoms with Gasteiger partial charge in [0, 0.05) is 5.92 Å². The van der Waals surface area contributed by atoms with E-state index in [9.17, 15) is 8.78 Å². The van der Waals surface area contributed by atoms with Crippen molar-refractivity contribution in [3.8, 4) is 11.5 Å². The Balaban J connectivity index is 1.42. The predicted octanol–water partition coefficient (Wildman–Crippen LogP) is 5.75. The molecule has 1 aromatic carbocycles. The van der Waals surface area contributed by atoms with Crippen molar-refractivity contribution >= 4 is 0 Å². The second-order valence-corrected chi connectivity index (χ2v) is 8.09. The van der Waals surface area contributed by atoms with Crippen LogP contribution in [0.2, 0.25) is 0 Å². The third-order valence-corrected chi connectivity index (χ3v) is 6.23. The molecule has 0 amide bonds. The fourth-order valence-electron chi connectivity index (χ4n) is 4.58. The highest BCUT2D eigenvalue weighted by Crippen LogP contribution is 2.37. The van der Waals surface area contributed by atoms with Gasteiger partial charge in [-0.25, -0.2) is 0 Å². The lowest BCUT2D eigenvalue weighted by molar-refractivity contribution is -0.0656. The minimum absolute atomic E-state index is 0.0651. The highest BCUT2D eigenvalue weighted by molar-refractivity contribution is 5.34. The maximum absolute atomic E-state index is 14.0. The minimum atomic E-state index is -1.01. The van der Waals surface area contributed by atoms with Gasteiger partial charge in [0.05, 0.1) is 26.4 Å². The molecule has 3 rings (SSSR count). The summed E-state index contributed by atoms with van der Waals surface area (Å²) in [4.78, 5) is 0. The van der Waals surface area contributed by atoms with Crippen LogP contribution >= 0.6 is 0 Å². The Morgan fingerprint density at radius 2 is 1.63 bits per heavy atom. The van der Waals surface area contributed by atoms with Crippen molar-refractivity contribution in [3.63, 3.8) is 0 Å². The molecular formula is C22H32F2O3. The van der Waals surface area contributed by atoms with Crippen molar-refractivity contribution < 1.29 is 23.0 Å². The Morgan fingerprint density at radius 3 is 2.26 bits per heavy atom. The second-order valence-electron chi connectivity index (χ2n) is 8.09. The summed E-state index contributed by atoms with van der Waals surface area (Å²) in [6.45, 7) is 3.25. The smallest absolute Gasteiger partial charge is 0.204 e. The quantitative estimate of drug-likeness (QED) is 0.601. The number of halogens is 2. The fourth-order valence-corrected chi connectivity index (χ4v) is 4.58. The summed E-state index contributed by atoms with van der Waals surface area (Å²) in [6.07, 6.45) is 10.3. The standard InChI is InChI=1S/C22H32F2O3/c1-3-4-15-5-8-17(9-6-15)18-10-7-16(13-26-18)14-27-20-12-11-19(25-2)21(23)22(20)24/h11-12,15-18H,3-10,13-14H2,1-2H3. The van der Waals surface area contributed by atoms with Crippen molar-refractivity contribution in [2.24, 2.45) is 17.8 Å². The van der Waals surface area contributed by atoms with Gasteiger partial charge in [-0.2, -0.15) is 8.78 Å². The number of rotatable bonds is 7. The third-order valence-electron chi connectivity index (χ3n) is 6.23. The maximum atomic E-state index is 14.0. The molecule has 5 heteroatoms. The van der Waals surface area contributed by atoms with E-state index in [1.807, 2.05) is 0 Å². The van der Waals surface area contributed by atoms with Crippen LogP contribution in [-0.4, -0.2) is 26.4 Å². The number of hydrogen-bond donors (Lipinski definition) is 0. The largest absolute Gasteiger partial charge is 0.494 e. The molecule has 1 saturated heterocycles. The van der Waals surface area contributed by atoms with Gasteiger partial charge in [0.25, 0.3) is 0 Å². The zero-order valence-electron chi connectivity index (χ0n) is 16.5. The predicted molar refractivity (Wildman–Crippen MR) is 101 cm³/mol. The first-order valence-corrected chi connectivity index (χ1v) is 10.4. The van der Waals surface area contributed by atoms with E-state index in [0.29, 0.717) is 25.2 Å². The van der Waals surface area contributed by atoms with E-state index in [-0.39, 0.29) is 17.4 Å². The molecule has 1 aromatic rings. The molecule has 1 aliphatic heterocycles. The lowest BCUT2D eigenvalue weighted by Crippen LogP contribution is -2.35. The minimum Gasteiger partial charge on any atom is -0.494 e. The summed E-state index contributed by atoms with van der Waals surface area (Å²) in [6, 6.07) is 2.80. The van der Waals surface area contributed by atoms with Crippen LogP contribution in [0.5, 0.6) is 11.5 Å². The van der Waals surface area contributed by atoms with Crippen molar-refractivity contribution in [1.29, 1.82) is 0 Å². The Bertz CT molecular complexity index is 591. The fraction of sp³-hybridized carbons (Fsp3) is 0.727. The summed E-state index contributed by atoms with van der Waals surface area (Å²) < 4.78 is 44.2. The molecule has 3 nitrogen and oxygen atoms in total. The molecule has 2 atom stereocenters. The first-order chi connectivity index (χ1) is 13.1. The molecule has 1 aliphatic carbocycles. The first kappa shape index (κ1) is 20.4. The first-order valence-electron chi connectivity index (χ1n) is 10.4. The van der Waals surface area contributed by atoms with Crippen LogP contribution in [0.4, 0.5) is 8.78 Å². The number of methoxy groups -OCH3 is 1. The van der Waals surface area contributed by atoms with Crippen LogP contribution in [0.25, 0.3) is 0 Å². The summed E-state index contributed by atoms with van der Waals surface area (Å²) in [5.41, 5.74) is 0. The molecule has 0 radical (unpaired) electrons. The maximum Gasteiger partial charge on any atom is 0.204 e. The van der Waals surface area contributed by atoms with Gasteiger partial charge in [0.2, 0.25) is 11.6 Å². The SMILES string of the molecule is CCCC1CCC(C2CCC(COc3ccc(OC)c(F)c3F)CO2)CC1. The molecule has 27 heavy (non-hydrogen) atoms. The number of benzene rings is 1. The number of ether oxygens (including phenoxy) is 3. The van der Waals surface area contributed by atoms with Crippen molar-refractivity contribution in [3.05, 3.63) is 23.8 Å². The van der Waals surface area contributed by atoms with E-state index >= 15 is 0 Å². The van der Waals surface area contributed by atoms with Gasteiger partial charge in [-0.1, -0.05) is 32.6 Å². The van der Waals surface area contributed by atoms with Crippen LogP contribution < -0.4 is 9.47 Å². The third kappa shape index (κ3) is 5.13. The van der Waals surface area contributed by atoms with E-state index in [2.05, 4.69) is 6.92 Å². The monoisotopic (exact) mass is 382 g/mol. The molecule has 0 bridgehead atoms. The lowest BCUT2D eigenvalue weighted by Gasteiger charge is -2.37. The van der Waals surface area contributed by atoms with Crippen LogP contribution in [0, 0.1) is 29.4 Å². The summed E-state index contributed by atoms with van der Waals surface area (Å²) >= 11 is 0. The Hall–Kier alpha value is -1.36. The molecule has 1 heterocycles. The Kier molecular flexibility index (Phi) is 7.33. The van der Waals surface area contributed by atoms with Gasteiger partial charge >= 0.3 is 0 Å². The van der Waals surface area contributed by atoms with Gasteiger partial charge in [-0.15, -0.1) is 0 Å². The van der Waals surface area contributed by atoms with E-state index < -0.39 is 11.6 Å². The van der Waals surface area contributed by atoms with E-state index in [1.165, 1.54) is 57.8 Å². The average molecular weight is 382 g/mol. The molecule has 0 spiro atoms. The normalized spacial score (nSPS) is 28.7. The van der Waals surface area contributed by atoms with Crippen LogP contribution in [0.15, 0.2) is 12.1 Å². The van der Waals surface area contributed by atoms with Crippen LogP contribution in [-0.2, 0) is 4.74 Å². The molecule has 2 unspecified atom stereocenters.